The first kappa shape index (κ1) is 18.5. The second-order valence-corrected chi connectivity index (χ2v) is 7.42. The van der Waals surface area contributed by atoms with E-state index in [2.05, 4.69) is 0 Å². The van der Waals surface area contributed by atoms with Crippen molar-refractivity contribution in [2.24, 2.45) is 0 Å². The summed E-state index contributed by atoms with van der Waals surface area (Å²) in [5.74, 6) is -1.78. The summed E-state index contributed by atoms with van der Waals surface area (Å²) in [6, 6.07) is 8.58. The molecule has 0 aliphatic heterocycles. The standard InChI is InChI=1S/C15H12Cl2FNO4S/c16-12-2-1-3-13(17)15(12)19(9-8-14(20)21)24(22,23)11-6-4-10(18)5-7-11/h1-7H,8-9H2,(H,20,21). The molecule has 0 spiro atoms. The summed E-state index contributed by atoms with van der Waals surface area (Å²) >= 11 is 12.1. The van der Waals surface area contributed by atoms with Crippen molar-refractivity contribution in [1.29, 1.82) is 0 Å². The lowest BCUT2D eigenvalue weighted by Gasteiger charge is -2.25. The molecule has 128 valence electrons. The first-order valence-corrected chi connectivity index (χ1v) is 8.87. The first-order valence-electron chi connectivity index (χ1n) is 6.67. The molecule has 0 aliphatic carbocycles. The van der Waals surface area contributed by atoms with Crippen LogP contribution in [0.2, 0.25) is 10.0 Å². The Labute approximate surface area is 148 Å². The number of para-hydroxylation sites is 1. The third-order valence-corrected chi connectivity index (χ3v) is 5.54. The number of benzene rings is 2. The Bertz CT molecular complexity index is 836. The van der Waals surface area contributed by atoms with Crippen LogP contribution in [0.25, 0.3) is 0 Å². The van der Waals surface area contributed by atoms with E-state index in [1.54, 1.807) is 0 Å². The first-order chi connectivity index (χ1) is 11.2. The van der Waals surface area contributed by atoms with Crippen molar-refractivity contribution in [3.63, 3.8) is 0 Å². The average Bonchev–Trinajstić information content (AvgIpc) is 2.50. The number of aliphatic carboxylic acids is 1. The van der Waals surface area contributed by atoms with Gasteiger partial charge in [-0.05, 0) is 36.4 Å². The van der Waals surface area contributed by atoms with Crippen LogP contribution in [0.4, 0.5) is 10.1 Å². The molecular weight excluding hydrogens is 380 g/mol. The molecule has 0 fully saturated rings. The molecule has 0 amide bonds. The molecule has 0 saturated carbocycles. The highest BCUT2D eigenvalue weighted by molar-refractivity contribution is 7.92. The van der Waals surface area contributed by atoms with Gasteiger partial charge in [-0.2, -0.15) is 0 Å². The molecule has 2 aromatic carbocycles. The van der Waals surface area contributed by atoms with Gasteiger partial charge in [-0.3, -0.25) is 9.10 Å². The van der Waals surface area contributed by atoms with Gasteiger partial charge < -0.3 is 5.11 Å². The van der Waals surface area contributed by atoms with Gasteiger partial charge in [-0.25, -0.2) is 12.8 Å². The maximum Gasteiger partial charge on any atom is 0.305 e. The highest BCUT2D eigenvalue weighted by Gasteiger charge is 2.28. The lowest BCUT2D eigenvalue weighted by molar-refractivity contribution is -0.136. The van der Waals surface area contributed by atoms with E-state index < -0.39 is 28.2 Å². The molecule has 2 aromatic rings. The smallest absolute Gasteiger partial charge is 0.305 e. The van der Waals surface area contributed by atoms with E-state index in [-0.39, 0.29) is 27.2 Å². The predicted octanol–water partition coefficient (Wildman–Crippen LogP) is 3.80. The molecule has 9 heteroatoms. The van der Waals surface area contributed by atoms with Crippen LogP contribution >= 0.6 is 23.2 Å². The van der Waals surface area contributed by atoms with E-state index in [0.717, 1.165) is 28.6 Å². The number of nitrogens with zero attached hydrogens (tertiary/aromatic N) is 1. The monoisotopic (exact) mass is 391 g/mol. The summed E-state index contributed by atoms with van der Waals surface area (Å²) in [5, 5.41) is 8.99. The Morgan fingerprint density at radius 1 is 1.08 bits per heavy atom. The Balaban J connectivity index is 2.57. The number of hydrogen-bond acceptors (Lipinski definition) is 3. The van der Waals surface area contributed by atoms with Gasteiger partial charge >= 0.3 is 5.97 Å². The van der Waals surface area contributed by atoms with E-state index in [4.69, 9.17) is 28.3 Å². The summed E-state index contributed by atoms with van der Waals surface area (Å²) in [4.78, 5) is 10.7. The fourth-order valence-electron chi connectivity index (χ4n) is 2.01. The molecular formula is C15H12Cl2FNO4S. The number of hydrogen-bond donors (Lipinski definition) is 1. The number of anilines is 1. The van der Waals surface area contributed by atoms with Crippen molar-refractivity contribution >= 4 is 44.9 Å². The van der Waals surface area contributed by atoms with Crippen LogP contribution in [-0.4, -0.2) is 26.0 Å². The van der Waals surface area contributed by atoms with E-state index in [1.807, 2.05) is 0 Å². The average molecular weight is 392 g/mol. The highest BCUT2D eigenvalue weighted by atomic mass is 35.5. The largest absolute Gasteiger partial charge is 0.481 e. The molecule has 0 aromatic heterocycles. The van der Waals surface area contributed by atoms with Gasteiger partial charge in [0, 0.05) is 6.54 Å². The molecule has 0 heterocycles. The van der Waals surface area contributed by atoms with Crippen molar-refractivity contribution in [2.75, 3.05) is 10.8 Å². The molecule has 0 atom stereocenters. The van der Waals surface area contributed by atoms with Gasteiger partial charge in [0.25, 0.3) is 10.0 Å². The van der Waals surface area contributed by atoms with Crippen LogP contribution in [0, 0.1) is 5.82 Å². The maximum atomic E-state index is 13.1. The number of sulfonamides is 1. The lowest BCUT2D eigenvalue weighted by atomic mass is 10.3. The van der Waals surface area contributed by atoms with Crippen LogP contribution in [-0.2, 0) is 14.8 Å². The molecule has 0 saturated heterocycles. The molecule has 5 nitrogen and oxygen atoms in total. The number of carbonyl (C=O) groups is 1. The number of rotatable bonds is 6. The van der Waals surface area contributed by atoms with Gasteiger partial charge in [0.1, 0.15) is 5.82 Å². The zero-order chi connectivity index (χ0) is 17.9. The molecule has 0 aliphatic rings. The third kappa shape index (κ3) is 3.98. The highest BCUT2D eigenvalue weighted by Crippen LogP contribution is 2.36. The minimum atomic E-state index is -4.18. The lowest BCUT2D eigenvalue weighted by Crippen LogP contribution is -2.33. The van der Waals surface area contributed by atoms with Crippen LogP contribution in [0.1, 0.15) is 6.42 Å². The minimum Gasteiger partial charge on any atom is -0.481 e. The van der Waals surface area contributed by atoms with Crippen LogP contribution in [0.5, 0.6) is 0 Å². The van der Waals surface area contributed by atoms with Crippen LogP contribution in [0.15, 0.2) is 47.4 Å². The van der Waals surface area contributed by atoms with Crippen LogP contribution in [0.3, 0.4) is 0 Å². The Hall–Kier alpha value is -1.83. The van der Waals surface area contributed by atoms with E-state index in [1.165, 1.54) is 18.2 Å². The van der Waals surface area contributed by atoms with Crippen molar-refractivity contribution in [3.8, 4) is 0 Å². The molecule has 1 N–H and O–H groups in total. The fraction of sp³-hybridized carbons (Fsp3) is 0.133. The van der Waals surface area contributed by atoms with Crippen molar-refractivity contribution < 1.29 is 22.7 Å². The normalized spacial score (nSPS) is 11.3. The summed E-state index contributed by atoms with van der Waals surface area (Å²) < 4.78 is 39.6. The summed E-state index contributed by atoms with van der Waals surface area (Å²) in [6.07, 6.45) is -0.456. The second-order valence-electron chi connectivity index (χ2n) is 4.75. The van der Waals surface area contributed by atoms with Gasteiger partial charge in [0.2, 0.25) is 0 Å². The molecule has 0 unspecified atom stereocenters. The third-order valence-electron chi connectivity index (χ3n) is 3.12. The molecule has 24 heavy (non-hydrogen) atoms. The Morgan fingerprint density at radius 2 is 1.62 bits per heavy atom. The summed E-state index contributed by atoms with van der Waals surface area (Å²) in [5.41, 5.74) is -0.0218. The Kier molecular flexibility index (Phi) is 5.69. The summed E-state index contributed by atoms with van der Waals surface area (Å²) in [6.45, 7) is -0.376. The quantitative estimate of drug-likeness (QED) is 0.812. The molecule has 0 radical (unpaired) electrons. The van der Waals surface area contributed by atoms with E-state index >= 15 is 0 Å². The number of carboxylic acid groups (broad SMARTS) is 1. The topological polar surface area (TPSA) is 74.7 Å². The number of halogens is 3. The molecule has 0 bridgehead atoms. The van der Waals surface area contributed by atoms with Crippen LogP contribution < -0.4 is 4.31 Å². The van der Waals surface area contributed by atoms with Crippen molar-refractivity contribution in [1.82, 2.24) is 0 Å². The Morgan fingerprint density at radius 3 is 2.12 bits per heavy atom. The summed E-state index contributed by atoms with van der Waals surface area (Å²) in [7, 11) is -4.18. The van der Waals surface area contributed by atoms with Gasteiger partial charge in [0.05, 0.1) is 27.0 Å². The zero-order valence-electron chi connectivity index (χ0n) is 12.1. The second kappa shape index (κ2) is 7.38. The molecule has 2 rings (SSSR count). The van der Waals surface area contributed by atoms with Gasteiger partial charge in [0.15, 0.2) is 0 Å². The van der Waals surface area contributed by atoms with Gasteiger partial charge in [-0.1, -0.05) is 29.3 Å². The maximum absolute atomic E-state index is 13.1. The van der Waals surface area contributed by atoms with E-state index in [9.17, 15) is 17.6 Å². The van der Waals surface area contributed by atoms with Crippen molar-refractivity contribution in [2.45, 2.75) is 11.3 Å². The SMILES string of the molecule is O=C(O)CCN(c1c(Cl)cccc1Cl)S(=O)(=O)c1ccc(F)cc1. The fourth-order valence-corrected chi connectivity index (χ4v) is 4.22. The van der Waals surface area contributed by atoms with Gasteiger partial charge in [-0.15, -0.1) is 0 Å². The number of carboxylic acids is 1. The van der Waals surface area contributed by atoms with E-state index in [0.29, 0.717) is 0 Å². The predicted molar refractivity (Wildman–Crippen MR) is 89.6 cm³/mol. The minimum absolute atomic E-state index is 0.0218. The van der Waals surface area contributed by atoms with Crippen molar-refractivity contribution in [3.05, 3.63) is 58.3 Å². The zero-order valence-corrected chi connectivity index (χ0v) is 14.4.